The molecule has 122 valence electrons. The van der Waals surface area contributed by atoms with Crippen molar-refractivity contribution < 1.29 is 14.3 Å². The van der Waals surface area contributed by atoms with E-state index in [4.69, 9.17) is 9.47 Å². The third-order valence-corrected chi connectivity index (χ3v) is 5.00. The van der Waals surface area contributed by atoms with E-state index in [0.717, 1.165) is 24.9 Å². The van der Waals surface area contributed by atoms with Gasteiger partial charge < -0.3 is 19.3 Å². The zero-order valence-corrected chi connectivity index (χ0v) is 14.1. The van der Waals surface area contributed by atoms with Crippen LogP contribution in [0.3, 0.4) is 0 Å². The topological polar surface area (TPSA) is 42.0 Å². The summed E-state index contributed by atoms with van der Waals surface area (Å²) < 4.78 is 12.1. The van der Waals surface area contributed by atoms with Gasteiger partial charge in [-0.2, -0.15) is 11.3 Å². The Bertz CT molecular complexity index is 505. The maximum absolute atomic E-state index is 12.6. The zero-order chi connectivity index (χ0) is 15.6. The minimum Gasteiger partial charge on any atom is -0.377 e. The molecular formula is C16H24N2O3S. The number of carbonyl (C=O) groups is 1. The molecule has 6 heteroatoms. The Labute approximate surface area is 135 Å². The summed E-state index contributed by atoms with van der Waals surface area (Å²) in [5.74, 6) is 0.0887. The van der Waals surface area contributed by atoms with Crippen LogP contribution in [0.15, 0.2) is 16.8 Å². The van der Waals surface area contributed by atoms with Gasteiger partial charge in [0.2, 0.25) is 0 Å². The molecule has 22 heavy (non-hydrogen) atoms. The maximum atomic E-state index is 12.6. The van der Waals surface area contributed by atoms with Crippen LogP contribution in [0.5, 0.6) is 0 Å². The van der Waals surface area contributed by atoms with Crippen LogP contribution in [0.1, 0.15) is 23.2 Å². The fraction of sp³-hybridized carbons (Fsp3) is 0.688. The Morgan fingerprint density at radius 1 is 1.55 bits per heavy atom. The van der Waals surface area contributed by atoms with Crippen molar-refractivity contribution in [2.45, 2.75) is 24.5 Å². The van der Waals surface area contributed by atoms with E-state index >= 15 is 0 Å². The molecule has 0 aliphatic carbocycles. The van der Waals surface area contributed by atoms with Crippen molar-refractivity contribution in [1.29, 1.82) is 0 Å². The molecule has 1 aromatic heterocycles. The molecule has 3 rings (SSSR count). The summed E-state index contributed by atoms with van der Waals surface area (Å²) in [6.45, 7) is 3.35. The smallest absolute Gasteiger partial charge is 0.254 e. The number of likely N-dealkylation sites (N-methyl/N-ethyl adjacent to an activating group) is 1. The number of nitrogens with zero attached hydrogens (tertiary/aromatic N) is 2. The second-order valence-corrected chi connectivity index (χ2v) is 7.30. The molecule has 2 saturated heterocycles. The highest BCUT2D eigenvalue weighted by Gasteiger charge is 2.44. The molecule has 0 saturated carbocycles. The van der Waals surface area contributed by atoms with Gasteiger partial charge >= 0.3 is 0 Å². The second-order valence-electron chi connectivity index (χ2n) is 6.52. The van der Waals surface area contributed by atoms with Gasteiger partial charge in [-0.1, -0.05) is 0 Å². The average molecular weight is 324 g/mol. The van der Waals surface area contributed by atoms with Crippen molar-refractivity contribution in [3.05, 3.63) is 22.4 Å². The van der Waals surface area contributed by atoms with Gasteiger partial charge in [0.25, 0.3) is 5.91 Å². The summed E-state index contributed by atoms with van der Waals surface area (Å²) in [6.07, 6.45) is 2.22. The van der Waals surface area contributed by atoms with Crippen LogP contribution in [0, 0.1) is 0 Å². The van der Waals surface area contributed by atoms with Crippen molar-refractivity contribution >= 4 is 17.2 Å². The largest absolute Gasteiger partial charge is 0.377 e. The highest BCUT2D eigenvalue weighted by molar-refractivity contribution is 7.08. The van der Waals surface area contributed by atoms with Gasteiger partial charge in [-0.15, -0.1) is 0 Å². The molecule has 2 fully saturated rings. The first kappa shape index (κ1) is 15.9. The van der Waals surface area contributed by atoms with E-state index < -0.39 is 0 Å². The van der Waals surface area contributed by atoms with Gasteiger partial charge in [0, 0.05) is 18.5 Å². The third-order valence-electron chi connectivity index (χ3n) is 4.31. The molecule has 0 N–H and O–H groups in total. The van der Waals surface area contributed by atoms with Gasteiger partial charge in [-0.25, -0.2) is 0 Å². The van der Waals surface area contributed by atoms with Crippen LogP contribution in [-0.2, 0) is 9.47 Å². The number of carbonyl (C=O) groups excluding carboxylic acids is 1. The van der Waals surface area contributed by atoms with E-state index in [9.17, 15) is 4.79 Å². The zero-order valence-electron chi connectivity index (χ0n) is 13.3. The standard InChI is InChI=1S/C16H24N2O3S/c1-17(2)9-14-3-5-16(21-14)11-18(6-7-20-12-16)15(19)13-4-8-22-10-13/h4,8,10,14H,3,5-7,9,11-12H2,1-2H3/t14-,16+/m1/s1. The van der Waals surface area contributed by atoms with Gasteiger partial charge in [0.1, 0.15) is 5.60 Å². The number of hydrogen-bond acceptors (Lipinski definition) is 5. The van der Waals surface area contributed by atoms with Gasteiger partial charge in [-0.3, -0.25) is 4.79 Å². The summed E-state index contributed by atoms with van der Waals surface area (Å²) in [5, 5.41) is 3.85. The lowest BCUT2D eigenvalue weighted by Gasteiger charge is -2.32. The van der Waals surface area contributed by atoms with Crippen LogP contribution in [0.4, 0.5) is 0 Å². The lowest BCUT2D eigenvalue weighted by Crippen LogP contribution is -2.47. The Morgan fingerprint density at radius 3 is 3.14 bits per heavy atom. The van der Waals surface area contributed by atoms with Crippen LogP contribution in [0.2, 0.25) is 0 Å². The lowest BCUT2D eigenvalue weighted by atomic mass is 10.00. The number of hydrogen-bond donors (Lipinski definition) is 0. The molecule has 3 heterocycles. The highest BCUT2D eigenvalue weighted by atomic mass is 32.1. The molecule has 1 amide bonds. The first-order valence-electron chi connectivity index (χ1n) is 7.80. The summed E-state index contributed by atoms with van der Waals surface area (Å²) in [6, 6.07) is 1.88. The predicted molar refractivity (Wildman–Crippen MR) is 86.4 cm³/mol. The molecule has 2 aliphatic heterocycles. The van der Waals surface area contributed by atoms with E-state index in [0.29, 0.717) is 26.3 Å². The van der Waals surface area contributed by atoms with Crippen molar-refractivity contribution in [1.82, 2.24) is 9.80 Å². The van der Waals surface area contributed by atoms with Gasteiger partial charge in [-0.05, 0) is 38.4 Å². The van der Waals surface area contributed by atoms with Crippen molar-refractivity contribution in [2.24, 2.45) is 0 Å². The fourth-order valence-corrected chi connectivity index (χ4v) is 3.93. The van der Waals surface area contributed by atoms with Gasteiger partial charge in [0.15, 0.2) is 0 Å². The van der Waals surface area contributed by atoms with E-state index in [2.05, 4.69) is 19.0 Å². The SMILES string of the molecule is CN(C)C[C@H]1CC[C@]2(COCCN(C(=O)c3ccsc3)C2)O1. The highest BCUT2D eigenvalue weighted by Crippen LogP contribution is 2.33. The summed E-state index contributed by atoms with van der Waals surface area (Å²) in [7, 11) is 4.12. The Kier molecular flexibility index (Phi) is 4.82. The minimum absolute atomic E-state index is 0.0887. The lowest BCUT2D eigenvalue weighted by molar-refractivity contribution is -0.0878. The van der Waals surface area contributed by atoms with E-state index in [1.807, 2.05) is 21.7 Å². The molecule has 0 bridgehead atoms. The normalized spacial score (nSPS) is 29.2. The molecule has 5 nitrogen and oxygen atoms in total. The van der Waals surface area contributed by atoms with Crippen LogP contribution in [0.25, 0.3) is 0 Å². The summed E-state index contributed by atoms with van der Waals surface area (Å²) in [4.78, 5) is 16.7. The minimum atomic E-state index is -0.330. The molecule has 0 aromatic carbocycles. The van der Waals surface area contributed by atoms with Gasteiger partial charge in [0.05, 0.1) is 31.4 Å². The number of rotatable bonds is 3. The van der Waals surface area contributed by atoms with E-state index in [-0.39, 0.29) is 17.6 Å². The molecule has 1 aromatic rings. The van der Waals surface area contributed by atoms with Crippen LogP contribution >= 0.6 is 11.3 Å². The monoisotopic (exact) mass is 324 g/mol. The fourth-order valence-electron chi connectivity index (χ4n) is 3.30. The second kappa shape index (κ2) is 6.66. The Hall–Kier alpha value is -0.950. The quantitative estimate of drug-likeness (QED) is 0.849. The average Bonchev–Trinajstić information content (AvgIpc) is 3.07. The number of thiophene rings is 1. The Morgan fingerprint density at radius 2 is 2.41 bits per heavy atom. The molecular weight excluding hydrogens is 300 g/mol. The first-order valence-corrected chi connectivity index (χ1v) is 8.74. The molecule has 0 unspecified atom stereocenters. The summed E-state index contributed by atoms with van der Waals surface area (Å²) in [5.41, 5.74) is 0.438. The van der Waals surface area contributed by atoms with Crippen molar-refractivity contribution in [3.8, 4) is 0 Å². The number of amides is 1. The van der Waals surface area contributed by atoms with E-state index in [1.54, 1.807) is 11.3 Å². The van der Waals surface area contributed by atoms with Crippen LogP contribution < -0.4 is 0 Å². The number of ether oxygens (including phenoxy) is 2. The van der Waals surface area contributed by atoms with Crippen molar-refractivity contribution in [3.63, 3.8) is 0 Å². The Balaban J connectivity index is 1.69. The molecule has 1 spiro atoms. The maximum Gasteiger partial charge on any atom is 0.254 e. The van der Waals surface area contributed by atoms with Crippen molar-refractivity contribution in [2.75, 3.05) is 46.9 Å². The third kappa shape index (κ3) is 3.51. The predicted octanol–water partition coefficient (Wildman–Crippen LogP) is 1.70. The summed E-state index contributed by atoms with van der Waals surface area (Å²) >= 11 is 1.55. The van der Waals surface area contributed by atoms with Crippen LogP contribution in [-0.4, -0.2) is 74.4 Å². The van der Waals surface area contributed by atoms with E-state index in [1.165, 1.54) is 0 Å². The molecule has 2 aliphatic rings. The molecule has 0 radical (unpaired) electrons. The molecule has 2 atom stereocenters. The first-order chi connectivity index (χ1) is 10.6.